The standard InChI is InChI=1S/C17H26N2O3/c1-12-7-13(2)9-16(8-12)22-6-5-18-17(21)19-11-14-3-4-15(20)10-14/h7-9,14-15,20H,3-6,10-11H2,1-2H3,(H2,18,19,21). The van der Waals surface area contributed by atoms with Gasteiger partial charge in [-0.3, -0.25) is 0 Å². The topological polar surface area (TPSA) is 70.6 Å². The number of aryl methyl sites for hydroxylation is 2. The predicted molar refractivity (Wildman–Crippen MR) is 86.2 cm³/mol. The van der Waals surface area contributed by atoms with Crippen molar-refractivity contribution in [1.82, 2.24) is 10.6 Å². The average molecular weight is 306 g/mol. The van der Waals surface area contributed by atoms with Crippen molar-refractivity contribution in [2.24, 2.45) is 5.92 Å². The molecule has 2 atom stereocenters. The molecular weight excluding hydrogens is 280 g/mol. The SMILES string of the molecule is Cc1cc(C)cc(OCCNC(=O)NCC2CCC(O)C2)c1. The van der Waals surface area contributed by atoms with Gasteiger partial charge in [-0.2, -0.15) is 0 Å². The Balaban J connectivity index is 1.58. The van der Waals surface area contributed by atoms with E-state index < -0.39 is 0 Å². The third kappa shape index (κ3) is 5.56. The summed E-state index contributed by atoms with van der Waals surface area (Å²) in [7, 11) is 0. The molecule has 1 aromatic rings. The molecule has 0 aromatic heterocycles. The van der Waals surface area contributed by atoms with E-state index in [4.69, 9.17) is 4.74 Å². The molecule has 1 saturated carbocycles. The number of carbonyl (C=O) groups excluding carboxylic acids is 1. The molecule has 5 nitrogen and oxygen atoms in total. The van der Waals surface area contributed by atoms with Gasteiger partial charge in [-0.25, -0.2) is 4.79 Å². The highest BCUT2D eigenvalue weighted by Gasteiger charge is 2.22. The van der Waals surface area contributed by atoms with E-state index in [2.05, 4.69) is 16.7 Å². The minimum atomic E-state index is -0.193. The van der Waals surface area contributed by atoms with Crippen molar-refractivity contribution in [3.63, 3.8) is 0 Å². The minimum Gasteiger partial charge on any atom is -0.492 e. The van der Waals surface area contributed by atoms with Crippen LogP contribution in [-0.2, 0) is 0 Å². The van der Waals surface area contributed by atoms with Crippen LogP contribution in [0.15, 0.2) is 18.2 Å². The molecule has 0 saturated heterocycles. The molecule has 5 heteroatoms. The molecule has 2 amide bonds. The van der Waals surface area contributed by atoms with Gasteiger partial charge in [-0.05, 0) is 62.3 Å². The van der Waals surface area contributed by atoms with Crippen LogP contribution in [0.1, 0.15) is 30.4 Å². The Morgan fingerprint density at radius 1 is 1.23 bits per heavy atom. The zero-order valence-electron chi connectivity index (χ0n) is 13.4. The molecule has 0 spiro atoms. The van der Waals surface area contributed by atoms with E-state index in [9.17, 15) is 9.90 Å². The van der Waals surface area contributed by atoms with Gasteiger partial charge in [0, 0.05) is 6.54 Å². The molecule has 3 N–H and O–H groups in total. The van der Waals surface area contributed by atoms with Crippen LogP contribution in [0.2, 0.25) is 0 Å². The number of amides is 2. The summed E-state index contributed by atoms with van der Waals surface area (Å²) in [6, 6.07) is 5.89. The largest absolute Gasteiger partial charge is 0.492 e. The summed E-state index contributed by atoms with van der Waals surface area (Å²) >= 11 is 0. The number of hydrogen-bond acceptors (Lipinski definition) is 3. The molecule has 0 radical (unpaired) electrons. The Kier molecular flexibility index (Phi) is 6.07. The van der Waals surface area contributed by atoms with Crippen molar-refractivity contribution in [2.45, 2.75) is 39.2 Å². The quantitative estimate of drug-likeness (QED) is 0.705. The molecule has 0 heterocycles. The van der Waals surface area contributed by atoms with E-state index in [1.165, 1.54) is 11.1 Å². The van der Waals surface area contributed by atoms with Gasteiger partial charge in [0.2, 0.25) is 0 Å². The van der Waals surface area contributed by atoms with Crippen molar-refractivity contribution in [1.29, 1.82) is 0 Å². The lowest BCUT2D eigenvalue weighted by Crippen LogP contribution is -2.39. The van der Waals surface area contributed by atoms with Crippen LogP contribution in [0, 0.1) is 19.8 Å². The van der Waals surface area contributed by atoms with Gasteiger partial charge in [0.15, 0.2) is 0 Å². The second kappa shape index (κ2) is 8.03. The number of ether oxygens (including phenoxy) is 1. The summed E-state index contributed by atoms with van der Waals surface area (Å²) in [6.07, 6.45) is 2.42. The fraction of sp³-hybridized carbons (Fsp3) is 0.588. The van der Waals surface area contributed by atoms with E-state index in [0.29, 0.717) is 25.6 Å². The zero-order chi connectivity index (χ0) is 15.9. The summed E-state index contributed by atoms with van der Waals surface area (Å²) in [5.74, 6) is 1.23. The van der Waals surface area contributed by atoms with Gasteiger partial charge in [0.05, 0.1) is 12.6 Å². The first kappa shape index (κ1) is 16.6. The van der Waals surface area contributed by atoms with Gasteiger partial charge < -0.3 is 20.5 Å². The Morgan fingerprint density at radius 3 is 2.59 bits per heavy atom. The molecule has 1 aromatic carbocycles. The molecule has 2 unspecified atom stereocenters. The number of urea groups is 1. The number of hydrogen-bond donors (Lipinski definition) is 3. The van der Waals surface area contributed by atoms with E-state index in [0.717, 1.165) is 25.0 Å². The van der Waals surface area contributed by atoms with Gasteiger partial charge in [0.25, 0.3) is 0 Å². The predicted octanol–water partition coefficient (Wildman–Crippen LogP) is 2.14. The first-order chi connectivity index (χ1) is 10.5. The second-order valence-electron chi connectivity index (χ2n) is 6.14. The number of aliphatic hydroxyl groups is 1. The zero-order valence-corrected chi connectivity index (χ0v) is 13.4. The maximum atomic E-state index is 11.7. The minimum absolute atomic E-state index is 0.176. The van der Waals surface area contributed by atoms with Crippen LogP contribution in [-0.4, -0.2) is 36.9 Å². The molecule has 1 fully saturated rings. The van der Waals surface area contributed by atoms with Crippen LogP contribution < -0.4 is 15.4 Å². The third-order valence-corrected chi connectivity index (χ3v) is 3.92. The summed E-state index contributed by atoms with van der Waals surface area (Å²) in [4.78, 5) is 11.7. The van der Waals surface area contributed by atoms with Crippen LogP contribution in [0.5, 0.6) is 5.75 Å². The smallest absolute Gasteiger partial charge is 0.314 e. The van der Waals surface area contributed by atoms with Crippen LogP contribution >= 0.6 is 0 Å². The van der Waals surface area contributed by atoms with Crippen molar-refractivity contribution < 1.29 is 14.6 Å². The Labute approximate surface area is 132 Å². The Bertz CT molecular complexity index is 484. The highest BCUT2D eigenvalue weighted by molar-refractivity contribution is 5.73. The lowest BCUT2D eigenvalue weighted by atomic mass is 10.1. The van der Waals surface area contributed by atoms with Crippen LogP contribution in [0.25, 0.3) is 0 Å². The first-order valence-corrected chi connectivity index (χ1v) is 7.94. The van der Waals surface area contributed by atoms with Crippen molar-refractivity contribution in [3.05, 3.63) is 29.3 Å². The van der Waals surface area contributed by atoms with E-state index in [1.54, 1.807) is 0 Å². The number of aliphatic hydroxyl groups excluding tert-OH is 1. The molecule has 1 aliphatic carbocycles. The van der Waals surface area contributed by atoms with Gasteiger partial charge in [-0.15, -0.1) is 0 Å². The maximum absolute atomic E-state index is 11.7. The van der Waals surface area contributed by atoms with E-state index >= 15 is 0 Å². The summed E-state index contributed by atoms with van der Waals surface area (Å²) in [5.41, 5.74) is 2.33. The average Bonchev–Trinajstić information content (AvgIpc) is 2.86. The van der Waals surface area contributed by atoms with Crippen molar-refractivity contribution in [2.75, 3.05) is 19.7 Å². The van der Waals surface area contributed by atoms with Crippen LogP contribution in [0.4, 0.5) is 4.79 Å². The van der Waals surface area contributed by atoms with Gasteiger partial charge in [-0.1, -0.05) is 6.07 Å². The fourth-order valence-corrected chi connectivity index (χ4v) is 2.88. The van der Waals surface area contributed by atoms with Crippen molar-refractivity contribution >= 4 is 6.03 Å². The van der Waals surface area contributed by atoms with E-state index in [1.807, 2.05) is 26.0 Å². The molecule has 22 heavy (non-hydrogen) atoms. The monoisotopic (exact) mass is 306 g/mol. The number of nitrogens with one attached hydrogen (secondary N) is 2. The molecular formula is C17H26N2O3. The molecule has 122 valence electrons. The summed E-state index contributed by atoms with van der Waals surface area (Å²) in [5, 5.41) is 15.1. The highest BCUT2D eigenvalue weighted by atomic mass is 16.5. The maximum Gasteiger partial charge on any atom is 0.314 e. The highest BCUT2D eigenvalue weighted by Crippen LogP contribution is 2.24. The first-order valence-electron chi connectivity index (χ1n) is 7.94. The Morgan fingerprint density at radius 2 is 1.95 bits per heavy atom. The van der Waals surface area contributed by atoms with Crippen LogP contribution in [0.3, 0.4) is 0 Å². The Hall–Kier alpha value is -1.75. The van der Waals surface area contributed by atoms with Gasteiger partial charge in [0.1, 0.15) is 12.4 Å². The van der Waals surface area contributed by atoms with Gasteiger partial charge >= 0.3 is 6.03 Å². The lowest BCUT2D eigenvalue weighted by molar-refractivity contribution is 0.177. The number of carbonyl (C=O) groups is 1. The summed E-state index contributed by atoms with van der Waals surface area (Å²) < 4.78 is 5.63. The van der Waals surface area contributed by atoms with E-state index in [-0.39, 0.29) is 12.1 Å². The molecule has 1 aliphatic rings. The normalized spacial score (nSPS) is 20.7. The fourth-order valence-electron chi connectivity index (χ4n) is 2.88. The third-order valence-electron chi connectivity index (χ3n) is 3.92. The summed E-state index contributed by atoms with van der Waals surface area (Å²) in [6.45, 7) is 5.60. The molecule has 2 rings (SSSR count). The number of benzene rings is 1. The lowest BCUT2D eigenvalue weighted by Gasteiger charge is -2.12. The second-order valence-corrected chi connectivity index (χ2v) is 6.14. The number of rotatable bonds is 6. The molecule has 0 aliphatic heterocycles. The van der Waals surface area contributed by atoms with Crippen molar-refractivity contribution in [3.8, 4) is 5.75 Å². The molecule has 0 bridgehead atoms.